The molecule has 1 heterocycles. The van der Waals surface area contributed by atoms with Gasteiger partial charge in [0.1, 0.15) is 11.3 Å². The first-order valence-corrected chi connectivity index (χ1v) is 4.90. The van der Waals surface area contributed by atoms with Gasteiger partial charge in [-0.1, -0.05) is 6.07 Å². The van der Waals surface area contributed by atoms with Crippen molar-refractivity contribution in [3.05, 3.63) is 35.1 Å². The largest absolute Gasteiger partial charge is 0.461 e. The first-order valence-electron chi connectivity index (χ1n) is 4.90. The zero-order valence-corrected chi connectivity index (χ0v) is 8.63. The molecular weight excluding hydrogens is 174 g/mol. The zero-order valence-electron chi connectivity index (χ0n) is 8.63. The second-order valence-electron chi connectivity index (χ2n) is 3.75. The minimum Gasteiger partial charge on any atom is -0.461 e. The lowest BCUT2D eigenvalue weighted by molar-refractivity contribution is 0.550. The van der Waals surface area contributed by atoms with Gasteiger partial charge in [0.15, 0.2) is 0 Å². The minimum absolute atomic E-state index is 0.637. The highest BCUT2D eigenvalue weighted by Gasteiger charge is 2.05. The van der Waals surface area contributed by atoms with Crippen LogP contribution in [0.3, 0.4) is 0 Å². The molecule has 0 aliphatic heterocycles. The quantitative estimate of drug-likeness (QED) is 0.788. The molecule has 0 spiro atoms. The van der Waals surface area contributed by atoms with Crippen LogP contribution >= 0.6 is 0 Å². The number of aryl methyl sites for hydroxylation is 2. The smallest absolute Gasteiger partial charge is 0.134 e. The molecule has 2 N–H and O–H groups in total. The van der Waals surface area contributed by atoms with Crippen molar-refractivity contribution in [3.8, 4) is 0 Å². The van der Waals surface area contributed by atoms with E-state index in [1.165, 1.54) is 16.5 Å². The van der Waals surface area contributed by atoms with Gasteiger partial charge in [0.2, 0.25) is 0 Å². The molecule has 1 aromatic heterocycles. The zero-order chi connectivity index (χ0) is 10.1. The highest BCUT2D eigenvalue weighted by Crippen LogP contribution is 2.24. The Kier molecular flexibility index (Phi) is 2.30. The molecule has 2 rings (SSSR count). The fourth-order valence-electron chi connectivity index (χ4n) is 1.81. The van der Waals surface area contributed by atoms with Crippen LogP contribution in [0.1, 0.15) is 16.9 Å². The number of fused-ring (bicyclic) bond motifs is 1. The van der Waals surface area contributed by atoms with Gasteiger partial charge in [-0.2, -0.15) is 0 Å². The maximum absolute atomic E-state index is 5.69. The number of benzene rings is 1. The summed E-state index contributed by atoms with van der Waals surface area (Å²) in [5.74, 6) is 0.983. The topological polar surface area (TPSA) is 39.2 Å². The molecule has 0 saturated heterocycles. The predicted octanol–water partition coefficient (Wildman–Crippen LogP) is 2.55. The molecular formula is C12H15NO. The molecule has 0 amide bonds. The van der Waals surface area contributed by atoms with Crippen molar-refractivity contribution in [1.29, 1.82) is 0 Å². The van der Waals surface area contributed by atoms with E-state index in [1.807, 2.05) is 0 Å². The number of rotatable bonds is 2. The second kappa shape index (κ2) is 3.46. The molecule has 0 radical (unpaired) electrons. The summed E-state index contributed by atoms with van der Waals surface area (Å²) < 4.78 is 5.69. The van der Waals surface area contributed by atoms with Crippen LogP contribution in [-0.2, 0) is 6.42 Å². The van der Waals surface area contributed by atoms with Crippen LogP contribution in [0.2, 0.25) is 0 Å². The monoisotopic (exact) mass is 189 g/mol. The van der Waals surface area contributed by atoms with Crippen molar-refractivity contribution in [2.45, 2.75) is 20.3 Å². The maximum Gasteiger partial charge on any atom is 0.134 e. The first kappa shape index (κ1) is 9.28. The fourth-order valence-corrected chi connectivity index (χ4v) is 1.81. The third kappa shape index (κ3) is 1.53. The molecule has 0 fully saturated rings. The van der Waals surface area contributed by atoms with Gasteiger partial charge in [0, 0.05) is 11.8 Å². The highest BCUT2D eigenvalue weighted by atomic mass is 16.3. The van der Waals surface area contributed by atoms with E-state index in [1.54, 1.807) is 0 Å². The van der Waals surface area contributed by atoms with Crippen molar-refractivity contribution in [3.63, 3.8) is 0 Å². The summed E-state index contributed by atoms with van der Waals surface area (Å²) in [5.41, 5.74) is 8.98. The van der Waals surface area contributed by atoms with Gasteiger partial charge in [-0.05, 0) is 43.7 Å². The average Bonchev–Trinajstić information content (AvgIpc) is 2.48. The molecule has 0 bridgehead atoms. The number of hydrogen-bond acceptors (Lipinski definition) is 2. The van der Waals surface area contributed by atoms with Gasteiger partial charge < -0.3 is 10.2 Å². The van der Waals surface area contributed by atoms with Gasteiger partial charge in [0.05, 0.1) is 0 Å². The Morgan fingerprint density at radius 3 is 2.71 bits per heavy atom. The fraction of sp³-hybridized carbons (Fsp3) is 0.333. The summed E-state index contributed by atoms with van der Waals surface area (Å²) in [6.07, 6.45) is 0.813. The average molecular weight is 189 g/mol. The van der Waals surface area contributed by atoms with Gasteiger partial charge >= 0.3 is 0 Å². The van der Waals surface area contributed by atoms with E-state index < -0.39 is 0 Å². The van der Waals surface area contributed by atoms with E-state index in [4.69, 9.17) is 10.2 Å². The third-order valence-electron chi connectivity index (χ3n) is 2.43. The van der Waals surface area contributed by atoms with Crippen LogP contribution in [0.4, 0.5) is 0 Å². The molecule has 14 heavy (non-hydrogen) atoms. The lowest BCUT2D eigenvalue weighted by atomic mass is 10.1. The predicted molar refractivity (Wildman–Crippen MR) is 58.4 cm³/mol. The molecule has 0 saturated carbocycles. The highest BCUT2D eigenvalue weighted by molar-refractivity contribution is 5.82. The first-order chi connectivity index (χ1) is 6.70. The van der Waals surface area contributed by atoms with E-state index in [-0.39, 0.29) is 0 Å². The minimum atomic E-state index is 0.637. The summed E-state index contributed by atoms with van der Waals surface area (Å²) in [5, 5.41) is 1.21. The van der Waals surface area contributed by atoms with Crippen molar-refractivity contribution in [2.24, 2.45) is 5.73 Å². The SMILES string of the molecule is Cc1cc(C)c2cc(CCN)oc2c1. The van der Waals surface area contributed by atoms with E-state index >= 15 is 0 Å². The van der Waals surface area contributed by atoms with Crippen molar-refractivity contribution >= 4 is 11.0 Å². The van der Waals surface area contributed by atoms with Crippen LogP contribution in [0.15, 0.2) is 22.6 Å². The Morgan fingerprint density at radius 2 is 2.00 bits per heavy atom. The molecule has 2 heteroatoms. The number of furan rings is 1. The van der Waals surface area contributed by atoms with E-state index in [0.717, 1.165) is 17.8 Å². The Morgan fingerprint density at radius 1 is 1.21 bits per heavy atom. The van der Waals surface area contributed by atoms with Crippen LogP contribution in [0, 0.1) is 13.8 Å². The third-order valence-corrected chi connectivity index (χ3v) is 2.43. The van der Waals surface area contributed by atoms with Crippen LogP contribution in [-0.4, -0.2) is 6.54 Å². The molecule has 0 atom stereocenters. The number of hydrogen-bond donors (Lipinski definition) is 1. The Labute approximate surface area is 83.7 Å². The van der Waals surface area contributed by atoms with E-state index in [9.17, 15) is 0 Å². The van der Waals surface area contributed by atoms with Gasteiger partial charge in [-0.3, -0.25) is 0 Å². The van der Waals surface area contributed by atoms with Crippen molar-refractivity contribution in [2.75, 3.05) is 6.54 Å². The lowest BCUT2D eigenvalue weighted by Crippen LogP contribution is -2.01. The van der Waals surface area contributed by atoms with E-state index in [2.05, 4.69) is 32.0 Å². The van der Waals surface area contributed by atoms with Crippen LogP contribution < -0.4 is 5.73 Å². The molecule has 1 aromatic carbocycles. The molecule has 0 unspecified atom stereocenters. The van der Waals surface area contributed by atoms with Gasteiger partial charge in [-0.25, -0.2) is 0 Å². The molecule has 74 valence electrons. The van der Waals surface area contributed by atoms with Crippen molar-refractivity contribution < 1.29 is 4.42 Å². The second-order valence-corrected chi connectivity index (χ2v) is 3.75. The Bertz CT molecular complexity index is 457. The summed E-state index contributed by atoms with van der Waals surface area (Å²) in [7, 11) is 0. The van der Waals surface area contributed by atoms with Gasteiger partial charge in [0.25, 0.3) is 0 Å². The summed E-state index contributed by atoms with van der Waals surface area (Å²) in [6, 6.07) is 6.34. The molecule has 0 aliphatic rings. The Hall–Kier alpha value is -1.28. The van der Waals surface area contributed by atoms with E-state index in [0.29, 0.717) is 6.54 Å². The number of nitrogens with two attached hydrogens (primary N) is 1. The molecule has 2 nitrogen and oxygen atoms in total. The van der Waals surface area contributed by atoms with Gasteiger partial charge in [-0.15, -0.1) is 0 Å². The summed E-state index contributed by atoms with van der Waals surface area (Å²) >= 11 is 0. The Balaban J connectivity index is 2.58. The lowest BCUT2D eigenvalue weighted by Gasteiger charge is -1.96. The molecule has 0 aliphatic carbocycles. The standard InChI is InChI=1S/C12H15NO/c1-8-5-9(2)11-7-10(3-4-13)14-12(11)6-8/h5-7H,3-4,13H2,1-2H3. The molecule has 2 aromatic rings. The van der Waals surface area contributed by atoms with Crippen LogP contribution in [0.25, 0.3) is 11.0 Å². The normalized spacial score (nSPS) is 11.1. The van der Waals surface area contributed by atoms with Crippen LogP contribution in [0.5, 0.6) is 0 Å². The maximum atomic E-state index is 5.69. The summed E-state index contributed by atoms with van der Waals surface area (Å²) in [4.78, 5) is 0. The van der Waals surface area contributed by atoms with Crippen molar-refractivity contribution in [1.82, 2.24) is 0 Å². The summed E-state index contributed by atoms with van der Waals surface area (Å²) in [6.45, 7) is 4.83.